The molecule has 0 bridgehead atoms. The van der Waals surface area contributed by atoms with Gasteiger partial charge in [-0.3, -0.25) is 13.8 Å². The smallest absolute Gasteiger partial charge is 0.393 e. The Balaban J connectivity index is 2.52. The van der Waals surface area contributed by atoms with E-state index in [-0.39, 0.29) is 6.42 Å². The molecule has 1 aliphatic rings. The predicted octanol–water partition coefficient (Wildman–Crippen LogP) is 9.70. The Hall–Kier alpha value is -1.48. The Morgan fingerprint density at radius 2 is 0.908 bits per heavy atom. The number of phosphoric ester groups is 1. The first-order valence-electron chi connectivity index (χ1n) is 26.0. The Morgan fingerprint density at radius 3 is 1.35 bits per heavy atom. The fourth-order valence-electron chi connectivity index (χ4n) is 8.19. The molecule has 0 aromatic carbocycles. The standard InChI is InChI=1S/C51H96NO12P/c1-3-5-7-9-11-13-15-17-19-20-21-22-23-24-25-27-29-31-33-35-37-39-44(54)43(41-63-65(61,62)64-51-49(59)47(57)46(56)48(58)50(51)60)52-45(55)40-42(53)38-36-34-32-30-28-26-18-16-14-12-10-8-6-4-2/h26,28-29,31,37,39,42-44,46-51,53-54,56-60H,3-25,27,30,32-36,38,40-41H2,1-2H3,(H,52,55)(H,61,62)/b28-26-,31-29+,39-37+. The van der Waals surface area contributed by atoms with Crippen molar-refractivity contribution in [2.24, 2.45) is 0 Å². The van der Waals surface area contributed by atoms with Crippen LogP contribution in [0.1, 0.15) is 219 Å². The highest BCUT2D eigenvalue weighted by molar-refractivity contribution is 7.47. The molecule has 0 spiro atoms. The van der Waals surface area contributed by atoms with Gasteiger partial charge in [0, 0.05) is 0 Å². The number of aliphatic hydroxyl groups excluding tert-OH is 7. The molecule has 1 saturated carbocycles. The number of unbranched alkanes of at least 4 members (excludes halogenated alkanes) is 26. The summed E-state index contributed by atoms with van der Waals surface area (Å²) in [6, 6.07) is -1.26. The molecule has 0 aliphatic heterocycles. The number of hydrogen-bond acceptors (Lipinski definition) is 11. The third-order valence-corrected chi connectivity index (χ3v) is 13.4. The van der Waals surface area contributed by atoms with E-state index in [1.54, 1.807) is 6.08 Å². The van der Waals surface area contributed by atoms with Crippen LogP contribution in [0, 0.1) is 0 Å². The minimum absolute atomic E-state index is 0.263. The second-order valence-electron chi connectivity index (χ2n) is 18.5. The topological polar surface area (TPSA) is 226 Å². The lowest BCUT2D eigenvalue weighted by Gasteiger charge is -2.41. The van der Waals surface area contributed by atoms with Crippen molar-refractivity contribution in [1.29, 1.82) is 0 Å². The normalized spacial score (nSPS) is 22.8. The fraction of sp³-hybridized carbons (Fsp3) is 0.863. The first-order chi connectivity index (χ1) is 31.3. The molecule has 382 valence electrons. The summed E-state index contributed by atoms with van der Waals surface area (Å²) in [4.78, 5) is 23.5. The molecule has 13 nitrogen and oxygen atoms in total. The van der Waals surface area contributed by atoms with Crippen LogP contribution in [-0.2, 0) is 18.4 Å². The van der Waals surface area contributed by atoms with E-state index in [0.29, 0.717) is 12.8 Å². The van der Waals surface area contributed by atoms with Crippen molar-refractivity contribution in [3.63, 3.8) is 0 Å². The van der Waals surface area contributed by atoms with Gasteiger partial charge < -0.3 is 46.0 Å². The molecule has 1 fully saturated rings. The highest BCUT2D eigenvalue weighted by Gasteiger charge is 2.51. The third kappa shape index (κ3) is 32.1. The van der Waals surface area contributed by atoms with Gasteiger partial charge in [-0.05, 0) is 57.8 Å². The van der Waals surface area contributed by atoms with Crippen molar-refractivity contribution in [1.82, 2.24) is 5.32 Å². The van der Waals surface area contributed by atoms with Gasteiger partial charge in [0.2, 0.25) is 5.91 Å². The summed E-state index contributed by atoms with van der Waals surface area (Å²) < 4.78 is 22.9. The summed E-state index contributed by atoms with van der Waals surface area (Å²) in [5.41, 5.74) is 0. The lowest BCUT2D eigenvalue weighted by Crippen LogP contribution is -2.64. The van der Waals surface area contributed by atoms with Gasteiger partial charge in [0.1, 0.15) is 36.6 Å². The van der Waals surface area contributed by atoms with Crippen molar-refractivity contribution >= 4 is 13.7 Å². The number of rotatable bonds is 43. The average molecular weight is 946 g/mol. The van der Waals surface area contributed by atoms with E-state index in [0.717, 1.165) is 51.4 Å². The number of carbonyl (C=O) groups is 1. The summed E-state index contributed by atoms with van der Waals surface area (Å²) >= 11 is 0. The van der Waals surface area contributed by atoms with Gasteiger partial charge in [0.25, 0.3) is 0 Å². The molecule has 0 aromatic heterocycles. The monoisotopic (exact) mass is 946 g/mol. The zero-order valence-electron chi connectivity index (χ0n) is 40.7. The number of allylic oxidation sites excluding steroid dienone is 5. The van der Waals surface area contributed by atoms with Crippen LogP contribution in [0.4, 0.5) is 0 Å². The summed E-state index contributed by atoms with van der Waals surface area (Å²) in [7, 11) is -5.16. The molecule has 8 atom stereocenters. The van der Waals surface area contributed by atoms with E-state index in [1.807, 2.05) is 0 Å². The van der Waals surface area contributed by atoms with Gasteiger partial charge >= 0.3 is 7.82 Å². The minimum Gasteiger partial charge on any atom is -0.393 e. The second-order valence-corrected chi connectivity index (χ2v) is 20.0. The van der Waals surface area contributed by atoms with E-state index in [2.05, 4.69) is 43.5 Å². The molecular weight excluding hydrogens is 850 g/mol. The molecule has 1 amide bonds. The maximum Gasteiger partial charge on any atom is 0.472 e. The predicted molar refractivity (Wildman–Crippen MR) is 261 cm³/mol. The highest BCUT2D eigenvalue weighted by atomic mass is 31.2. The number of nitrogens with one attached hydrogen (secondary N) is 1. The van der Waals surface area contributed by atoms with Crippen LogP contribution in [0.3, 0.4) is 0 Å². The van der Waals surface area contributed by atoms with Crippen LogP contribution in [0.15, 0.2) is 36.5 Å². The van der Waals surface area contributed by atoms with Crippen molar-refractivity contribution in [3.05, 3.63) is 36.5 Å². The minimum atomic E-state index is -5.16. The third-order valence-electron chi connectivity index (χ3n) is 12.4. The van der Waals surface area contributed by atoms with Crippen LogP contribution in [-0.4, -0.2) is 108 Å². The molecule has 65 heavy (non-hydrogen) atoms. The first-order valence-corrected chi connectivity index (χ1v) is 27.5. The molecule has 0 heterocycles. The maximum atomic E-state index is 13.0. The number of amides is 1. The SMILES string of the molecule is CCCCCCCCC/C=C\CCCCCC(O)CC(=O)NC(COP(=O)(O)OC1C(O)C(O)C(O)C(O)C1O)C(O)/C=C/CC/C=C/CCCCCCCCCCCCCCCCC. The molecule has 9 N–H and O–H groups in total. The van der Waals surface area contributed by atoms with Crippen LogP contribution in [0.25, 0.3) is 0 Å². The zero-order valence-corrected chi connectivity index (χ0v) is 41.5. The van der Waals surface area contributed by atoms with Gasteiger partial charge in [-0.2, -0.15) is 0 Å². The quantitative estimate of drug-likeness (QED) is 0.0158. The van der Waals surface area contributed by atoms with Crippen molar-refractivity contribution in [3.8, 4) is 0 Å². The Kier molecular flexibility index (Phi) is 38.3. The second kappa shape index (κ2) is 40.4. The summed E-state index contributed by atoms with van der Waals surface area (Å²) in [5.74, 6) is -0.611. The van der Waals surface area contributed by atoms with E-state index in [9.17, 15) is 50.0 Å². The summed E-state index contributed by atoms with van der Waals surface area (Å²) in [5, 5.41) is 74.6. The Bertz CT molecular complexity index is 1250. The molecule has 0 aromatic rings. The average Bonchev–Trinajstić information content (AvgIpc) is 3.28. The first kappa shape index (κ1) is 61.5. The van der Waals surface area contributed by atoms with Crippen LogP contribution >= 0.6 is 7.82 Å². The molecule has 0 saturated heterocycles. The maximum absolute atomic E-state index is 13.0. The zero-order chi connectivity index (χ0) is 48.0. The molecule has 1 aliphatic carbocycles. The van der Waals surface area contributed by atoms with Crippen molar-refractivity contribution in [2.45, 2.75) is 274 Å². The molecule has 8 unspecified atom stereocenters. The van der Waals surface area contributed by atoms with E-state index >= 15 is 0 Å². The number of carbonyl (C=O) groups excluding carboxylic acids is 1. The molecular formula is C51H96NO12P. The number of hydrogen-bond donors (Lipinski definition) is 9. The molecule has 14 heteroatoms. The molecule has 1 rings (SSSR count). The van der Waals surface area contributed by atoms with Crippen LogP contribution in [0.5, 0.6) is 0 Å². The van der Waals surface area contributed by atoms with Gasteiger partial charge in [0.15, 0.2) is 0 Å². The van der Waals surface area contributed by atoms with Gasteiger partial charge in [-0.25, -0.2) is 4.57 Å². The van der Waals surface area contributed by atoms with Crippen molar-refractivity contribution in [2.75, 3.05) is 6.61 Å². The van der Waals surface area contributed by atoms with Gasteiger partial charge in [-0.1, -0.05) is 192 Å². The van der Waals surface area contributed by atoms with Crippen LogP contribution in [0.2, 0.25) is 0 Å². The van der Waals surface area contributed by atoms with E-state index in [1.165, 1.54) is 141 Å². The largest absolute Gasteiger partial charge is 0.472 e. The van der Waals surface area contributed by atoms with Gasteiger partial charge in [0.05, 0.1) is 31.3 Å². The molecule has 0 radical (unpaired) electrons. The van der Waals surface area contributed by atoms with Crippen LogP contribution < -0.4 is 5.32 Å². The fourth-order valence-corrected chi connectivity index (χ4v) is 9.16. The summed E-state index contributed by atoms with van der Waals surface area (Å²) in [6.45, 7) is 3.74. The Labute approximate surface area is 394 Å². The van der Waals surface area contributed by atoms with Gasteiger partial charge in [-0.15, -0.1) is 0 Å². The highest BCUT2D eigenvalue weighted by Crippen LogP contribution is 2.47. The van der Waals surface area contributed by atoms with Crippen molar-refractivity contribution < 1.29 is 59.0 Å². The van der Waals surface area contributed by atoms with E-state index in [4.69, 9.17) is 9.05 Å². The van der Waals surface area contributed by atoms with E-state index < -0.39 is 75.2 Å². The summed E-state index contributed by atoms with van der Waals surface area (Å²) in [6.07, 6.45) is 33.8. The number of aliphatic hydroxyl groups is 7. The lowest BCUT2D eigenvalue weighted by molar-refractivity contribution is -0.220. The Morgan fingerprint density at radius 1 is 0.538 bits per heavy atom. The lowest BCUT2D eigenvalue weighted by atomic mass is 9.85. The number of phosphoric acid groups is 1.